The second-order valence-corrected chi connectivity index (χ2v) is 8.31. The van der Waals surface area contributed by atoms with Crippen LogP contribution in [-0.4, -0.2) is 38.9 Å². The van der Waals surface area contributed by atoms with Crippen LogP contribution in [0.25, 0.3) is 16.6 Å². The molecule has 1 N–H and O–H groups in total. The van der Waals surface area contributed by atoms with Crippen molar-refractivity contribution in [1.82, 2.24) is 14.8 Å². The molecule has 27 heavy (non-hydrogen) atoms. The molecular weight excluding hydrogens is 462 g/mol. The first kappa shape index (κ1) is 16.9. The molecule has 1 saturated carbocycles. The number of halogens is 2. The fraction of sp³-hybridized carbons (Fsp3) is 0.316. The highest BCUT2D eigenvalue weighted by Gasteiger charge is 2.59. The van der Waals surface area contributed by atoms with Crippen LogP contribution in [-0.2, 0) is 4.79 Å². The molecule has 0 amide bonds. The lowest BCUT2D eigenvalue weighted by molar-refractivity contribution is -0.139. The normalized spacial score (nSPS) is 23.7. The monoisotopic (exact) mass is 478 g/mol. The lowest BCUT2D eigenvalue weighted by Gasteiger charge is -2.20. The zero-order chi connectivity index (χ0) is 18.9. The van der Waals surface area contributed by atoms with E-state index >= 15 is 0 Å². The van der Waals surface area contributed by atoms with Crippen molar-refractivity contribution in [3.63, 3.8) is 0 Å². The van der Waals surface area contributed by atoms with Crippen LogP contribution in [0.4, 0.5) is 10.2 Å². The number of pyridine rings is 1. The predicted molar refractivity (Wildman–Crippen MR) is 107 cm³/mol. The Balaban J connectivity index is 1.44. The van der Waals surface area contributed by atoms with Crippen molar-refractivity contribution in [1.29, 1.82) is 0 Å². The van der Waals surface area contributed by atoms with Crippen molar-refractivity contribution in [3.8, 4) is 5.69 Å². The zero-order valence-corrected chi connectivity index (χ0v) is 16.6. The fourth-order valence-corrected chi connectivity index (χ4v) is 4.95. The average Bonchev–Trinajstić information content (AvgIpc) is 2.96. The van der Waals surface area contributed by atoms with Crippen LogP contribution in [0.15, 0.2) is 30.5 Å². The Kier molecular flexibility index (Phi) is 3.68. The van der Waals surface area contributed by atoms with E-state index in [1.54, 1.807) is 10.9 Å². The SMILES string of the molecule is Cc1cc(F)cc2c(I)nn(-c3ccc(N4C[C@@H]5[C@H](C4)[C@@H]5C(=O)O)nc3)c12. The first-order valence-electron chi connectivity index (χ1n) is 8.72. The second kappa shape index (κ2) is 5.88. The summed E-state index contributed by atoms with van der Waals surface area (Å²) in [7, 11) is 0. The third-order valence-electron chi connectivity index (χ3n) is 5.67. The van der Waals surface area contributed by atoms with Crippen LogP contribution in [0.5, 0.6) is 0 Å². The number of rotatable bonds is 3. The molecule has 3 aromatic rings. The number of fused-ring (bicyclic) bond motifs is 2. The van der Waals surface area contributed by atoms with Crippen molar-refractivity contribution in [2.45, 2.75) is 6.92 Å². The summed E-state index contributed by atoms with van der Waals surface area (Å²) in [6, 6.07) is 6.90. The molecule has 2 aliphatic rings. The number of aromatic nitrogens is 3. The van der Waals surface area contributed by atoms with Crippen molar-refractivity contribution in [2.24, 2.45) is 17.8 Å². The van der Waals surface area contributed by atoms with Crippen LogP contribution in [0, 0.1) is 34.2 Å². The maximum Gasteiger partial charge on any atom is 0.307 e. The molecule has 1 aliphatic heterocycles. The third kappa shape index (κ3) is 2.60. The van der Waals surface area contributed by atoms with Crippen LogP contribution < -0.4 is 4.90 Å². The highest BCUT2D eigenvalue weighted by atomic mass is 127. The molecule has 1 aromatic carbocycles. The molecule has 2 aromatic heterocycles. The van der Waals surface area contributed by atoms with Crippen molar-refractivity contribution < 1.29 is 14.3 Å². The van der Waals surface area contributed by atoms with E-state index in [9.17, 15) is 9.18 Å². The Morgan fingerprint density at radius 2 is 2.04 bits per heavy atom. The minimum absolute atomic E-state index is 0.179. The van der Waals surface area contributed by atoms with Gasteiger partial charge in [-0.25, -0.2) is 14.1 Å². The van der Waals surface area contributed by atoms with E-state index in [1.807, 2.05) is 19.1 Å². The van der Waals surface area contributed by atoms with Gasteiger partial charge in [0.1, 0.15) is 15.3 Å². The average molecular weight is 478 g/mol. The number of carboxylic acids is 1. The summed E-state index contributed by atoms with van der Waals surface area (Å²) in [4.78, 5) is 17.8. The van der Waals surface area contributed by atoms with Gasteiger partial charge in [0.15, 0.2) is 0 Å². The second-order valence-electron chi connectivity index (χ2n) is 7.29. The predicted octanol–water partition coefficient (Wildman–Crippen LogP) is 3.24. The van der Waals surface area contributed by atoms with Crippen molar-refractivity contribution in [2.75, 3.05) is 18.0 Å². The van der Waals surface area contributed by atoms with Gasteiger partial charge in [0.25, 0.3) is 0 Å². The Hall–Kier alpha value is -2.23. The first-order valence-corrected chi connectivity index (χ1v) is 9.80. The number of piperidine rings is 1. The number of benzene rings is 1. The summed E-state index contributed by atoms with van der Waals surface area (Å²) in [6.07, 6.45) is 1.76. The standard InChI is InChI=1S/C19H16FIN4O2/c1-9-4-10(20)5-12-17(9)25(23-18(12)21)11-2-3-15(22-6-11)24-7-13-14(8-24)16(13)19(26)27/h2-6,13-14,16H,7-8H2,1H3,(H,26,27)/t13-,14+,16-. The molecule has 2 fully saturated rings. The number of nitrogens with zero attached hydrogens (tertiary/aromatic N) is 4. The van der Waals surface area contributed by atoms with Crippen LogP contribution >= 0.6 is 22.6 Å². The highest BCUT2D eigenvalue weighted by molar-refractivity contribution is 14.1. The van der Waals surface area contributed by atoms with E-state index in [2.05, 4.69) is 37.6 Å². The molecule has 1 saturated heterocycles. The fourth-order valence-electron chi connectivity index (χ4n) is 4.32. The van der Waals surface area contributed by atoms with Crippen molar-refractivity contribution in [3.05, 3.63) is 45.5 Å². The lowest BCUT2D eigenvalue weighted by Crippen LogP contribution is -2.26. The molecule has 5 rings (SSSR count). The van der Waals surface area contributed by atoms with E-state index in [-0.39, 0.29) is 23.6 Å². The van der Waals surface area contributed by atoms with E-state index in [1.165, 1.54) is 12.1 Å². The van der Waals surface area contributed by atoms with Crippen LogP contribution in [0.3, 0.4) is 0 Å². The summed E-state index contributed by atoms with van der Waals surface area (Å²) in [6.45, 7) is 3.36. The Bertz CT molecular complexity index is 1070. The van der Waals surface area contributed by atoms with Gasteiger partial charge in [-0.1, -0.05) is 0 Å². The summed E-state index contributed by atoms with van der Waals surface area (Å²) < 4.78 is 16.3. The molecule has 0 spiro atoms. The smallest absolute Gasteiger partial charge is 0.307 e. The molecule has 0 bridgehead atoms. The van der Waals surface area contributed by atoms with Gasteiger partial charge in [-0.2, -0.15) is 5.10 Å². The number of carboxylic acid groups (broad SMARTS) is 1. The Morgan fingerprint density at radius 1 is 1.30 bits per heavy atom. The Labute approximate surface area is 168 Å². The van der Waals surface area contributed by atoms with Gasteiger partial charge in [-0.15, -0.1) is 0 Å². The molecule has 6 nitrogen and oxygen atoms in total. The quantitative estimate of drug-likeness (QED) is 0.586. The Morgan fingerprint density at radius 3 is 2.67 bits per heavy atom. The summed E-state index contributed by atoms with van der Waals surface area (Å²) >= 11 is 2.12. The summed E-state index contributed by atoms with van der Waals surface area (Å²) in [5.74, 6) is 0.222. The van der Waals surface area contributed by atoms with Crippen LogP contribution in [0.2, 0.25) is 0 Å². The topological polar surface area (TPSA) is 71.2 Å². The first-order chi connectivity index (χ1) is 12.9. The van der Waals surface area contributed by atoms with Gasteiger partial charge in [-0.3, -0.25) is 4.79 Å². The van der Waals surface area contributed by atoms with E-state index in [4.69, 9.17) is 5.11 Å². The molecule has 3 heterocycles. The van der Waals surface area contributed by atoms with Gasteiger partial charge in [0.05, 0.1) is 23.3 Å². The highest BCUT2D eigenvalue weighted by Crippen LogP contribution is 2.52. The summed E-state index contributed by atoms with van der Waals surface area (Å²) in [5, 5.41) is 14.5. The maximum atomic E-state index is 13.7. The third-order valence-corrected chi connectivity index (χ3v) is 6.46. The molecule has 0 radical (unpaired) electrons. The molecule has 3 atom stereocenters. The molecular formula is C19H16FIN4O2. The molecule has 0 unspecified atom stereocenters. The van der Waals surface area contributed by atoms with E-state index in [0.717, 1.165) is 44.8 Å². The number of carbonyl (C=O) groups is 1. The van der Waals surface area contributed by atoms with E-state index < -0.39 is 5.97 Å². The number of aryl methyl sites for hydroxylation is 1. The van der Waals surface area contributed by atoms with Gasteiger partial charge in [-0.05, 0) is 71.2 Å². The number of hydrogen-bond donors (Lipinski definition) is 1. The van der Waals surface area contributed by atoms with Gasteiger partial charge in [0.2, 0.25) is 0 Å². The zero-order valence-electron chi connectivity index (χ0n) is 14.4. The minimum atomic E-state index is -0.681. The molecule has 138 valence electrons. The number of hydrogen-bond acceptors (Lipinski definition) is 4. The number of anilines is 1. The van der Waals surface area contributed by atoms with Crippen molar-refractivity contribution >= 4 is 45.3 Å². The van der Waals surface area contributed by atoms with Crippen LogP contribution in [0.1, 0.15) is 5.56 Å². The van der Waals surface area contributed by atoms with Gasteiger partial charge in [0, 0.05) is 18.5 Å². The molecule has 1 aliphatic carbocycles. The maximum absolute atomic E-state index is 13.7. The summed E-state index contributed by atoms with van der Waals surface area (Å²) in [5.41, 5.74) is 2.51. The largest absolute Gasteiger partial charge is 0.481 e. The molecule has 8 heteroatoms. The van der Waals surface area contributed by atoms with E-state index in [0.29, 0.717) is 0 Å². The minimum Gasteiger partial charge on any atom is -0.481 e. The number of aliphatic carboxylic acids is 1. The van der Waals surface area contributed by atoms with Gasteiger partial charge >= 0.3 is 5.97 Å². The van der Waals surface area contributed by atoms with Gasteiger partial charge < -0.3 is 10.0 Å². The lowest BCUT2D eigenvalue weighted by atomic mass is 10.1.